The predicted octanol–water partition coefficient (Wildman–Crippen LogP) is 3.89. The highest BCUT2D eigenvalue weighted by atomic mass is 35.5. The fourth-order valence-corrected chi connectivity index (χ4v) is 2.56. The van der Waals surface area contributed by atoms with Gasteiger partial charge < -0.3 is 10.1 Å². The average molecular weight is 357 g/mol. The van der Waals surface area contributed by atoms with Gasteiger partial charge in [-0.05, 0) is 30.2 Å². The molecular formula is C19H17ClN2O3. The van der Waals surface area contributed by atoms with E-state index in [0.717, 1.165) is 5.56 Å². The van der Waals surface area contributed by atoms with Crippen molar-refractivity contribution in [3.63, 3.8) is 0 Å². The lowest BCUT2D eigenvalue weighted by atomic mass is 9.97. The number of carbonyl (C=O) groups excluding carboxylic acids is 2. The largest absolute Gasteiger partial charge is 0.455 e. The van der Waals surface area contributed by atoms with Gasteiger partial charge in [-0.15, -0.1) is 0 Å². The van der Waals surface area contributed by atoms with Crippen LogP contribution < -0.4 is 5.32 Å². The van der Waals surface area contributed by atoms with Crippen molar-refractivity contribution in [3.8, 4) is 6.07 Å². The quantitative estimate of drug-likeness (QED) is 0.796. The van der Waals surface area contributed by atoms with Gasteiger partial charge in [0.2, 0.25) is 0 Å². The predicted molar refractivity (Wildman–Crippen MR) is 95.2 cm³/mol. The molecule has 1 amide bonds. The highest BCUT2D eigenvalue weighted by molar-refractivity contribution is 6.32. The average Bonchev–Trinajstić information content (AvgIpc) is 2.62. The van der Waals surface area contributed by atoms with E-state index in [1.165, 1.54) is 12.1 Å². The zero-order valence-corrected chi connectivity index (χ0v) is 14.4. The van der Waals surface area contributed by atoms with Gasteiger partial charge in [-0.1, -0.05) is 48.9 Å². The van der Waals surface area contributed by atoms with Gasteiger partial charge in [0.05, 0.1) is 16.5 Å². The van der Waals surface area contributed by atoms with Crippen LogP contribution in [-0.2, 0) is 14.3 Å². The number of anilines is 1. The van der Waals surface area contributed by atoms with E-state index in [-0.39, 0.29) is 11.6 Å². The molecule has 2 aromatic rings. The summed E-state index contributed by atoms with van der Waals surface area (Å²) in [6.07, 6.45) is 0.579. The number of esters is 1. The lowest BCUT2D eigenvalue weighted by Crippen LogP contribution is -2.23. The van der Waals surface area contributed by atoms with Crippen LogP contribution in [-0.4, -0.2) is 18.5 Å². The molecule has 0 unspecified atom stereocenters. The highest BCUT2D eigenvalue weighted by Gasteiger charge is 2.21. The van der Waals surface area contributed by atoms with Crippen LogP contribution in [0.25, 0.3) is 0 Å². The van der Waals surface area contributed by atoms with Gasteiger partial charge in [-0.2, -0.15) is 5.26 Å². The zero-order chi connectivity index (χ0) is 18.2. The molecule has 0 saturated carbocycles. The molecule has 0 fully saturated rings. The molecule has 25 heavy (non-hydrogen) atoms. The number of nitrogens with one attached hydrogen (secondary N) is 1. The molecule has 128 valence electrons. The van der Waals surface area contributed by atoms with Crippen LogP contribution in [0, 0.1) is 11.3 Å². The first-order valence-electron chi connectivity index (χ1n) is 7.76. The topological polar surface area (TPSA) is 79.2 Å². The normalized spacial score (nSPS) is 11.2. The molecular weight excluding hydrogens is 340 g/mol. The SMILES string of the molecule is CC[C@@H](C(=O)OCC(=O)Nc1ccc(C#N)c(Cl)c1)c1ccccc1. The van der Waals surface area contributed by atoms with Crippen molar-refractivity contribution in [3.05, 3.63) is 64.7 Å². The van der Waals surface area contributed by atoms with Crippen LogP contribution in [0.4, 0.5) is 5.69 Å². The molecule has 6 heteroatoms. The van der Waals surface area contributed by atoms with Crippen molar-refractivity contribution in [2.75, 3.05) is 11.9 Å². The van der Waals surface area contributed by atoms with Crippen LogP contribution in [0.2, 0.25) is 5.02 Å². The molecule has 1 atom stereocenters. The number of carbonyl (C=O) groups is 2. The van der Waals surface area contributed by atoms with Crippen LogP contribution >= 0.6 is 11.6 Å². The van der Waals surface area contributed by atoms with E-state index in [1.54, 1.807) is 6.07 Å². The molecule has 5 nitrogen and oxygen atoms in total. The summed E-state index contributed by atoms with van der Waals surface area (Å²) in [4.78, 5) is 24.1. The van der Waals surface area contributed by atoms with E-state index < -0.39 is 17.8 Å². The van der Waals surface area contributed by atoms with E-state index in [1.807, 2.05) is 43.3 Å². The molecule has 0 aromatic heterocycles. The minimum atomic E-state index is -0.475. The number of nitriles is 1. The number of amides is 1. The molecule has 0 spiro atoms. The monoisotopic (exact) mass is 356 g/mol. The lowest BCUT2D eigenvalue weighted by Gasteiger charge is -2.14. The number of halogens is 1. The van der Waals surface area contributed by atoms with Gasteiger partial charge in [-0.25, -0.2) is 0 Å². The first-order chi connectivity index (χ1) is 12.0. The van der Waals surface area contributed by atoms with Crippen molar-refractivity contribution in [2.24, 2.45) is 0 Å². The Morgan fingerprint density at radius 3 is 2.56 bits per heavy atom. The van der Waals surface area contributed by atoms with Crippen LogP contribution in [0.15, 0.2) is 48.5 Å². The summed E-state index contributed by atoms with van der Waals surface area (Å²) in [5, 5.41) is 11.6. The number of nitrogens with zero attached hydrogens (tertiary/aromatic N) is 1. The van der Waals surface area contributed by atoms with Crippen molar-refractivity contribution >= 4 is 29.2 Å². The molecule has 0 aliphatic heterocycles. The summed E-state index contributed by atoms with van der Waals surface area (Å²) in [6.45, 7) is 1.50. The molecule has 2 aromatic carbocycles. The Hall–Kier alpha value is -2.84. The van der Waals surface area contributed by atoms with Crippen LogP contribution in [0.3, 0.4) is 0 Å². The number of hydrogen-bond donors (Lipinski definition) is 1. The molecule has 0 radical (unpaired) electrons. The van der Waals surface area contributed by atoms with E-state index >= 15 is 0 Å². The Morgan fingerprint density at radius 2 is 1.96 bits per heavy atom. The van der Waals surface area contributed by atoms with Gasteiger partial charge in [0.1, 0.15) is 6.07 Å². The van der Waals surface area contributed by atoms with Gasteiger partial charge in [0, 0.05) is 5.69 Å². The van der Waals surface area contributed by atoms with E-state index in [0.29, 0.717) is 17.7 Å². The maximum atomic E-state index is 12.2. The van der Waals surface area contributed by atoms with Crippen molar-refractivity contribution < 1.29 is 14.3 Å². The summed E-state index contributed by atoms with van der Waals surface area (Å²) >= 11 is 5.91. The third-order valence-corrected chi connectivity index (χ3v) is 3.93. The number of benzene rings is 2. The fraction of sp³-hybridized carbons (Fsp3) is 0.211. The van der Waals surface area contributed by atoms with Gasteiger partial charge >= 0.3 is 5.97 Å². The fourth-order valence-electron chi connectivity index (χ4n) is 2.34. The Labute approximate surface area is 151 Å². The van der Waals surface area contributed by atoms with E-state index in [4.69, 9.17) is 21.6 Å². The van der Waals surface area contributed by atoms with Gasteiger partial charge in [0.15, 0.2) is 6.61 Å². The van der Waals surface area contributed by atoms with Gasteiger partial charge in [0.25, 0.3) is 5.91 Å². The molecule has 2 rings (SSSR count). The van der Waals surface area contributed by atoms with Crippen LogP contribution in [0.5, 0.6) is 0 Å². The number of ether oxygens (including phenoxy) is 1. The van der Waals surface area contributed by atoms with Crippen molar-refractivity contribution in [1.29, 1.82) is 5.26 Å². The molecule has 0 saturated heterocycles. The van der Waals surface area contributed by atoms with E-state index in [2.05, 4.69) is 5.32 Å². The lowest BCUT2D eigenvalue weighted by molar-refractivity contribution is -0.149. The second kappa shape index (κ2) is 8.86. The molecule has 0 bridgehead atoms. The second-order valence-corrected chi connectivity index (χ2v) is 5.74. The van der Waals surface area contributed by atoms with Gasteiger partial charge in [-0.3, -0.25) is 9.59 Å². The molecule has 1 N–H and O–H groups in total. The second-order valence-electron chi connectivity index (χ2n) is 5.33. The maximum Gasteiger partial charge on any atom is 0.313 e. The Balaban J connectivity index is 1.92. The number of hydrogen-bond acceptors (Lipinski definition) is 4. The van der Waals surface area contributed by atoms with Crippen molar-refractivity contribution in [1.82, 2.24) is 0 Å². The Bertz CT molecular complexity index is 800. The number of rotatable bonds is 6. The smallest absolute Gasteiger partial charge is 0.313 e. The molecule has 0 aliphatic carbocycles. The summed E-state index contributed by atoms with van der Waals surface area (Å²) in [7, 11) is 0. The standard InChI is InChI=1S/C19H17ClN2O3/c1-2-16(13-6-4-3-5-7-13)19(24)25-12-18(23)22-15-9-8-14(11-21)17(20)10-15/h3-10,16H,2,12H2,1H3,(H,22,23)/t16-/m1/s1. The summed E-state index contributed by atoms with van der Waals surface area (Å²) < 4.78 is 5.12. The first kappa shape index (κ1) is 18.5. The third-order valence-electron chi connectivity index (χ3n) is 3.61. The molecule has 0 aliphatic rings. The maximum absolute atomic E-state index is 12.2. The minimum absolute atomic E-state index is 0.243. The highest BCUT2D eigenvalue weighted by Crippen LogP contribution is 2.21. The Morgan fingerprint density at radius 1 is 1.24 bits per heavy atom. The van der Waals surface area contributed by atoms with Crippen molar-refractivity contribution in [2.45, 2.75) is 19.3 Å². The Kier molecular flexibility index (Phi) is 6.55. The summed E-state index contributed by atoms with van der Waals surface area (Å²) in [6, 6.07) is 15.8. The molecule has 0 heterocycles. The van der Waals surface area contributed by atoms with Crippen LogP contribution in [0.1, 0.15) is 30.4 Å². The third kappa shape index (κ3) is 5.07. The minimum Gasteiger partial charge on any atom is -0.455 e. The van der Waals surface area contributed by atoms with E-state index in [9.17, 15) is 9.59 Å². The summed E-state index contributed by atoms with van der Waals surface area (Å²) in [5.41, 5.74) is 1.61. The zero-order valence-electron chi connectivity index (χ0n) is 13.7. The summed E-state index contributed by atoms with van der Waals surface area (Å²) in [5.74, 6) is -1.32. The first-order valence-corrected chi connectivity index (χ1v) is 8.14.